The van der Waals surface area contributed by atoms with Crippen molar-refractivity contribution in [3.8, 4) is 11.1 Å². The quantitative estimate of drug-likeness (QED) is 0.416. The van der Waals surface area contributed by atoms with Gasteiger partial charge in [-0.2, -0.15) is 5.10 Å². The number of imidazole rings is 1. The molecule has 1 saturated carbocycles. The van der Waals surface area contributed by atoms with Crippen molar-refractivity contribution in [2.45, 2.75) is 37.8 Å². The second-order valence-electron chi connectivity index (χ2n) is 10.0. The molecule has 0 radical (unpaired) electrons. The second-order valence-corrected chi connectivity index (χ2v) is 10.0. The Hall–Kier alpha value is -3.43. The van der Waals surface area contributed by atoms with E-state index in [1.807, 2.05) is 29.5 Å². The number of benzene rings is 1. The number of H-pyrrole nitrogens is 1. The van der Waals surface area contributed by atoms with Crippen LogP contribution in [0.4, 0.5) is 0 Å². The van der Waals surface area contributed by atoms with E-state index in [1.54, 1.807) is 10.8 Å². The molecule has 0 amide bonds. The Balaban J connectivity index is 1.59. The molecule has 1 aromatic carbocycles. The summed E-state index contributed by atoms with van der Waals surface area (Å²) < 4.78 is 11.1. The summed E-state index contributed by atoms with van der Waals surface area (Å²) >= 11 is 0. The van der Waals surface area contributed by atoms with E-state index in [1.165, 1.54) is 0 Å². The third kappa shape index (κ3) is 3.04. The van der Waals surface area contributed by atoms with Gasteiger partial charge in [0.15, 0.2) is 0 Å². The van der Waals surface area contributed by atoms with E-state index in [0.29, 0.717) is 18.9 Å². The van der Waals surface area contributed by atoms with Crippen molar-refractivity contribution in [2.24, 2.45) is 20.0 Å². The summed E-state index contributed by atoms with van der Waals surface area (Å²) in [5.41, 5.74) is 6.05. The molecule has 1 aliphatic heterocycles. The van der Waals surface area contributed by atoms with Gasteiger partial charge in [-0.3, -0.25) is 13.8 Å². The summed E-state index contributed by atoms with van der Waals surface area (Å²) in [4.78, 5) is 21.7. The number of aromatic nitrogens is 6. The molecule has 1 unspecified atom stereocenters. The van der Waals surface area contributed by atoms with Gasteiger partial charge in [-0.25, -0.2) is 9.78 Å². The Morgan fingerprint density at radius 1 is 1.11 bits per heavy atom. The summed E-state index contributed by atoms with van der Waals surface area (Å²) in [5.74, 6) is 0.243. The van der Waals surface area contributed by atoms with Crippen LogP contribution in [0.15, 0.2) is 35.4 Å². The Morgan fingerprint density at radius 2 is 1.91 bits per heavy atom. The summed E-state index contributed by atoms with van der Waals surface area (Å²) in [6.45, 7) is 1.29. The number of nitrogens with one attached hydrogen (secondary N) is 1. The lowest BCUT2D eigenvalue weighted by Gasteiger charge is -2.23. The number of fused-ring (bicyclic) bond motifs is 4. The van der Waals surface area contributed by atoms with E-state index in [0.717, 1.165) is 69.8 Å². The van der Waals surface area contributed by atoms with Crippen LogP contribution >= 0.6 is 0 Å². The van der Waals surface area contributed by atoms with Gasteiger partial charge in [-0.15, -0.1) is 0 Å². The molecule has 1 aliphatic carbocycles. The second kappa shape index (κ2) is 7.53. The van der Waals surface area contributed by atoms with Crippen molar-refractivity contribution < 1.29 is 9.84 Å². The Labute approximate surface area is 200 Å². The average Bonchev–Trinajstić information content (AvgIpc) is 3.49. The average molecular weight is 473 g/mol. The molecule has 2 N–H and O–H groups in total. The van der Waals surface area contributed by atoms with Crippen LogP contribution in [0.1, 0.15) is 43.5 Å². The predicted molar refractivity (Wildman–Crippen MR) is 133 cm³/mol. The third-order valence-corrected chi connectivity index (χ3v) is 7.85. The maximum absolute atomic E-state index is 13.5. The molecule has 9 heteroatoms. The molecular formula is C26H28N6O3. The fraction of sp³-hybridized carbons (Fsp3) is 0.423. The van der Waals surface area contributed by atoms with Gasteiger partial charge in [0.1, 0.15) is 5.65 Å². The molecular weight excluding hydrogens is 444 g/mol. The zero-order chi connectivity index (χ0) is 23.8. The number of aromatic amines is 1. The fourth-order valence-corrected chi connectivity index (χ4v) is 5.77. The van der Waals surface area contributed by atoms with Gasteiger partial charge in [-0.1, -0.05) is 6.07 Å². The van der Waals surface area contributed by atoms with E-state index in [-0.39, 0.29) is 17.6 Å². The molecule has 4 aromatic heterocycles. The van der Waals surface area contributed by atoms with E-state index in [2.05, 4.69) is 28.3 Å². The number of rotatable bonds is 4. The molecule has 1 saturated heterocycles. The molecule has 2 fully saturated rings. The lowest BCUT2D eigenvalue weighted by atomic mass is 9.97. The van der Waals surface area contributed by atoms with Gasteiger partial charge >= 0.3 is 5.69 Å². The van der Waals surface area contributed by atoms with Crippen LogP contribution < -0.4 is 5.69 Å². The number of aryl methyl sites for hydroxylation is 2. The normalized spacial score (nSPS) is 18.3. The molecule has 35 heavy (non-hydrogen) atoms. The Morgan fingerprint density at radius 3 is 2.69 bits per heavy atom. The number of ether oxygens (including phenoxy) is 1. The highest BCUT2D eigenvalue weighted by molar-refractivity contribution is 6.11. The summed E-state index contributed by atoms with van der Waals surface area (Å²) in [6, 6.07) is 6.32. The molecule has 5 aromatic rings. The van der Waals surface area contributed by atoms with Crippen molar-refractivity contribution in [3.63, 3.8) is 0 Å². The maximum atomic E-state index is 13.5. The molecule has 5 heterocycles. The first-order valence-electron chi connectivity index (χ1n) is 12.3. The first-order chi connectivity index (χ1) is 17.0. The number of nitrogens with zero attached hydrogens (tertiary/aromatic N) is 5. The Kier molecular flexibility index (Phi) is 4.50. The number of aliphatic hydroxyl groups excluding tert-OH is 1. The van der Waals surface area contributed by atoms with Gasteiger partial charge < -0.3 is 14.8 Å². The smallest absolute Gasteiger partial charge is 0.329 e. The van der Waals surface area contributed by atoms with E-state index in [9.17, 15) is 9.90 Å². The first-order valence-corrected chi connectivity index (χ1v) is 12.3. The number of hydrogen-bond donors (Lipinski definition) is 2. The monoisotopic (exact) mass is 472 g/mol. The van der Waals surface area contributed by atoms with Gasteiger partial charge in [0.25, 0.3) is 0 Å². The minimum Gasteiger partial charge on any atom is -0.387 e. The number of aliphatic hydroxyl groups is 1. The van der Waals surface area contributed by atoms with Crippen molar-refractivity contribution in [2.75, 3.05) is 13.2 Å². The lowest BCUT2D eigenvalue weighted by molar-refractivity contribution is 0.0697. The number of pyridine rings is 1. The summed E-state index contributed by atoms with van der Waals surface area (Å²) in [6.07, 6.45) is 6.64. The summed E-state index contributed by atoms with van der Waals surface area (Å²) in [7, 11) is 3.74. The van der Waals surface area contributed by atoms with Crippen LogP contribution in [-0.4, -0.2) is 47.2 Å². The van der Waals surface area contributed by atoms with Crippen LogP contribution in [0.5, 0.6) is 0 Å². The van der Waals surface area contributed by atoms with Crippen molar-refractivity contribution in [1.29, 1.82) is 0 Å². The van der Waals surface area contributed by atoms with Crippen molar-refractivity contribution >= 4 is 33.0 Å². The van der Waals surface area contributed by atoms with Crippen molar-refractivity contribution in [1.82, 2.24) is 28.9 Å². The number of hydrogen-bond acceptors (Lipinski definition) is 5. The zero-order valence-corrected chi connectivity index (χ0v) is 19.9. The minimum atomic E-state index is -0.606. The van der Waals surface area contributed by atoms with Crippen LogP contribution in [0.25, 0.3) is 44.1 Å². The SMILES string of the molecule is Cn1ncc2cc(-c3c(C(O)C4CC4)[nH]c4ncc5c(c34)n(C3CCOCC3)c(=O)n5C)ccc21. The molecule has 0 spiro atoms. The largest absolute Gasteiger partial charge is 0.387 e. The van der Waals surface area contributed by atoms with Crippen LogP contribution in [-0.2, 0) is 18.8 Å². The third-order valence-electron chi connectivity index (χ3n) is 7.85. The predicted octanol–water partition coefficient (Wildman–Crippen LogP) is 3.56. The minimum absolute atomic E-state index is 0.0413. The maximum Gasteiger partial charge on any atom is 0.329 e. The molecule has 1 atom stereocenters. The van der Waals surface area contributed by atoms with E-state index in [4.69, 9.17) is 9.72 Å². The van der Waals surface area contributed by atoms with Gasteiger partial charge in [0, 0.05) is 44.3 Å². The van der Waals surface area contributed by atoms with Crippen molar-refractivity contribution in [3.05, 3.63) is 46.8 Å². The van der Waals surface area contributed by atoms with Crippen LogP contribution in [0.2, 0.25) is 0 Å². The topological polar surface area (TPSA) is 103 Å². The fourth-order valence-electron chi connectivity index (χ4n) is 5.77. The van der Waals surface area contributed by atoms with Crippen LogP contribution in [0, 0.1) is 5.92 Å². The standard InChI is InChI=1S/C26H28N6O3/c1-30-19-13-27-25-21(23(19)32(26(30)34)17-7-9-35-10-8-17)20(22(29-25)24(33)14-3-4-14)15-5-6-18-16(11-15)12-28-31(18)2/h5-6,11-14,17,24,33H,3-4,7-10H2,1-2H3,(H,27,29). The molecule has 2 aliphatic rings. The van der Waals surface area contributed by atoms with E-state index < -0.39 is 6.10 Å². The highest BCUT2D eigenvalue weighted by Crippen LogP contribution is 2.47. The Bertz CT molecular complexity index is 1660. The first kappa shape index (κ1) is 20.9. The van der Waals surface area contributed by atoms with E-state index >= 15 is 0 Å². The molecule has 0 bridgehead atoms. The van der Waals surface area contributed by atoms with Gasteiger partial charge in [0.05, 0.1) is 46.1 Å². The zero-order valence-electron chi connectivity index (χ0n) is 19.9. The van der Waals surface area contributed by atoms with Gasteiger partial charge in [-0.05, 0) is 49.3 Å². The summed E-state index contributed by atoms with van der Waals surface area (Å²) in [5, 5.41) is 17.6. The molecule has 180 valence electrons. The van der Waals surface area contributed by atoms with Crippen LogP contribution in [0.3, 0.4) is 0 Å². The lowest BCUT2D eigenvalue weighted by Crippen LogP contribution is -2.29. The molecule has 9 nitrogen and oxygen atoms in total. The highest BCUT2D eigenvalue weighted by Gasteiger charge is 2.35. The van der Waals surface area contributed by atoms with Gasteiger partial charge in [0.2, 0.25) is 0 Å². The molecule has 7 rings (SSSR count). The highest BCUT2D eigenvalue weighted by atomic mass is 16.5.